The number of carbonyl (C=O) groups is 4. The van der Waals surface area contributed by atoms with Crippen LogP contribution in [-0.4, -0.2) is 33.8 Å². The van der Waals surface area contributed by atoms with E-state index in [2.05, 4.69) is 10.6 Å². The number of imide groups is 2. The van der Waals surface area contributed by atoms with Gasteiger partial charge in [0.2, 0.25) is 11.8 Å². The third-order valence-corrected chi connectivity index (χ3v) is 5.71. The van der Waals surface area contributed by atoms with Crippen LogP contribution in [0.4, 0.5) is 4.79 Å². The lowest BCUT2D eigenvalue weighted by Gasteiger charge is -2.48. The van der Waals surface area contributed by atoms with E-state index in [-0.39, 0.29) is 30.1 Å². The number of ketones is 1. The first-order valence-corrected chi connectivity index (χ1v) is 9.08. The molecule has 1 spiro atoms. The van der Waals surface area contributed by atoms with Crippen molar-refractivity contribution in [1.82, 2.24) is 10.6 Å². The molecule has 2 fully saturated rings. The average molecular weight is 394 g/mol. The summed E-state index contributed by atoms with van der Waals surface area (Å²) in [5, 5.41) is 24.2. The number of phenolic OH excluding ortho intramolecular Hbond substituents is 2. The van der Waals surface area contributed by atoms with E-state index in [1.807, 2.05) is 0 Å². The number of hydrogen-bond donors (Lipinski definition) is 4. The van der Waals surface area contributed by atoms with Gasteiger partial charge in [-0.3, -0.25) is 25.0 Å². The van der Waals surface area contributed by atoms with Crippen LogP contribution in [0.25, 0.3) is 0 Å². The summed E-state index contributed by atoms with van der Waals surface area (Å²) >= 11 is 0. The molecule has 0 bridgehead atoms. The molecular formula is C21H18N2O6. The van der Waals surface area contributed by atoms with Gasteiger partial charge in [-0.2, -0.15) is 0 Å². The third kappa shape index (κ3) is 2.93. The Balaban J connectivity index is 1.96. The number of nitrogens with one attached hydrogen (secondary N) is 2. The molecule has 0 aromatic heterocycles. The zero-order valence-corrected chi connectivity index (χ0v) is 15.2. The number of Topliss-reactive ketones (excluding diaryl/α,β-unsaturated/α-hetero) is 1. The van der Waals surface area contributed by atoms with E-state index in [0.29, 0.717) is 11.1 Å². The van der Waals surface area contributed by atoms with Crippen molar-refractivity contribution in [3.05, 3.63) is 59.7 Å². The number of amides is 4. The molecule has 4 N–H and O–H groups in total. The van der Waals surface area contributed by atoms with Crippen LogP contribution in [0.5, 0.6) is 11.5 Å². The molecule has 1 heterocycles. The lowest BCUT2D eigenvalue weighted by molar-refractivity contribution is -0.151. The molecule has 1 aliphatic carbocycles. The summed E-state index contributed by atoms with van der Waals surface area (Å²) in [6, 6.07) is 11.1. The summed E-state index contributed by atoms with van der Waals surface area (Å²) in [6.45, 7) is 0. The van der Waals surface area contributed by atoms with Crippen molar-refractivity contribution < 1.29 is 29.4 Å². The number of phenols is 2. The molecule has 0 radical (unpaired) electrons. The molecule has 1 aliphatic heterocycles. The molecule has 29 heavy (non-hydrogen) atoms. The first-order chi connectivity index (χ1) is 13.8. The first kappa shape index (κ1) is 18.7. The predicted molar refractivity (Wildman–Crippen MR) is 100 cm³/mol. The van der Waals surface area contributed by atoms with Crippen molar-refractivity contribution in [2.24, 2.45) is 5.41 Å². The zero-order valence-electron chi connectivity index (χ0n) is 15.2. The van der Waals surface area contributed by atoms with Gasteiger partial charge >= 0.3 is 6.03 Å². The van der Waals surface area contributed by atoms with Crippen LogP contribution in [0.1, 0.15) is 35.8 Å². The van der Waals surface area contributed by atoms with Crippen LogP contribution in [0.3, 0.4) is 0 Å². The molecule has 1 saturated carbocycles. The quantitative estimate of drug-likeness (QED) is 0.573. The van der Waals surface area contributed by atoms with Crippen molar-refractivity contribution in [2.75, 3.05) is 0 Å². The van der Waals surface area contributed by atoms with E-state index in [0.717, 1.165) is 0 Å². The number of benzene rings is 2. The van der Waals surface area contributed by atoms with Crippen molar-refractivity contribution in [1.29, 1.82) is 0 Å². The molecule has 2 atom stereocenters. The monoisotopic (exact) mass is 394 g/mol. The zero-order chi connectivity index (χ0) is 20.8. The fourth-order valence-corrected chi connectivity index (χ4v) is 4.53. The van der Waals surface area contributed by atoms with Gasteiger partial charge in [-0.05, 0) is 35.4 Å². The Morgan fingerprint density at radius 3 is 1.62 bits per heavy atom. The molecule has 2 aliphatic rings. The van der Waals surface area contributed by atoms with Gasteiger partial charge in [-0.25, -0.2) is 4.79 Å². The Kier molecular flexibility index (Phi) is 4.34. The van der Waals surface area contributed by atoms with Gasteiger partial charge in [-0.15, -0.1) is 0 Å². The maximum absolute atomic E-state index is 13.2. The summed E-state index contributed by atoms with van der Waals surface area (Å²) < 4.78 is 0. The minimum atomic E-state index is -1.80. The Morgan fingerprint density at radius 1 is 0.759 bits per heavy atom. The highest BCUT2D eigenvalue weighted by Crippen LogP contribution is 2.55. The highest BCUT2D eigenvalue weighted by Gasteiger charge is 2.63. The molecular weight excluding hydrogens is 376 g/mol. The standard InChI is InChI=1S/C21H18N2O6/c24-13-5-1-3-11(7-13)16-9-15(26)10-17(12-4-2-6-14(25)8-12)21(16)18(27)22-20(29)23-19(21)28/h1-8,16-17,24-25H,9-10H2,(H2,22,23,27,28,29). The number of urea groups is 1. The minimum absolute atomic E-state index is 0.0720. The van der Waals surface area contributed by atoms with Crippen molar-refractivity contribution >= 4 is 23.6 Å². The molecule has 148 valence electrons. The van der Waals surface area contributed by atoms with Crippen LogP contribution in [0.2, 0.25) is 0 Å². The van der Waals surface area contributed by atoms with Gasteiger partial charge in [0.05, 0.1) is 0 Å². The highest BCUT2D eigenvalue weighted by atomic mass is 16.3. The highest BCUT2D eigenvalue weighted by molar-refractivity contribution is 6.21. The Hall–Kier alpha value is -3.68. The average Bonchev–Trinajstić information content (AvgIpc) is 2.66. The van der Waals surface area contributed by atoms with Gasteiger partial charge in [0.15, 0.2) is 0 Å². The predicted octanol–water partition coefficient (Wildman–Crippen LogP) is 1.68. The summed E-state index contributed by atoms with van der Waals surface area (Å²) in [5.74, 6) is -3.74. The summed E-state index contributed by atoms with van der Waals surface area (Å²) in [5.41, 5.74) is -0.936. The smallest absolute Gasteiger partial charge is 0.328 e. The molecule has 8 heteroatoms. The van der Waals surface area contributed by atoms with Crippen LogP contribution in [0, 0.1) is 5.41 Å². The summed E-state index contributed by atoms with van der Waals surface area (Å²) in [6.07, 6.45) is -0.207. The molecule has 8 nitrogen and oxygen atoms in total. The van der Waals surface area contributed by atoms with Crippen molar-refractivity contribution in [3.8, 4) is 11.5 Å². The van der Waals surface area contributed by atoms with E-state index >= 15 is 0 Å². The maximum Gasteiger partial charge on any atom is 0.328 e. The minimum Gasteiger partial charge on any atom is -0.508 e. The number of carbonyl (C=O) groups excluding carboxylic acids is 4. The molecule has 4 amide bonds. The molecule has 2 aromatic carbocycles. The first-order valence-electron chi connectivity index (χ1n) is 9.08. The number of barbiturate groups is 1. The summed E-state index contributed by atoms with van der Waals surface area (Å²) in [7, 11) is 0. The third-order valence-electron chi connectivity index (χ3n) is 5.71. The molecule has 4 rings (SSSR count). The van der Waals surface area contributed by atoms with E-state index < -0.39 is 35.1 Å². The SMILES string of the molecule is O=C1CC(c2cccc(O)c2)C2(C(=O)NC(=O)NC2=O)C(c2cccc(O)c2)C1. The van der Waals surface area contributed by atoms with Crippen molar-refractivity contribution in [2.45, 2.75) is 24.7 Å². The number of aromatic hydroxyl groups is 2. The largest absolute Gasteiger partial charge is 0.508 e. The van der Waals surface area contributed by atoms with Crippen LogP contribution < -0.4 is 10.6 Å². The lowest BCUT2D eigenvalue weighted by atomic mass is 9.54. The number of hydrogen-bond acceptors (Lipinski definition) is 6. The molecule has 2 unspecified atom stereocenters. The van der Waals surface area contributed by atoms with Crippen molar-refractivity contribution in [3.63, 3.8) is 0 Å². The van der Waals surface area contributed by atoms with Gasteiger partial charge in [0.25, 0.3) is 0 Å². The Labute approximate surface area is 165 Å². The normalized spacial score (nSPS) is 23.6. The lowest BCUT2D eigenvalue weighted by Crippen LogP contribution is -2.67. The van der Waals surface area contributed by atoms with Gasteiger partial charge in [0.1, 0.15) is 22.7 Å². The topological polar surface area (TPSA) is 133 Å². The summed E-state index contributed by atoms with van der Waals surface area (Å²) in [4.78, 5) is 50.8. The molecule has 2 aromatic rings. The van der Waals surface area contributed by atoms with Crippen LogP contribution in [-0.2, 0) is 14.4 Å². The van der Waals surface area contributed by atoms with E-state index in [1.165, 1.54) is 24.3 Å². The maximum atomic E-state index is 13.2. The van der Waals surface area contributed by atoms with Crippen LogP contribution >= 0.6 is 0 Å². The second-order valence-corrected chi connectivity index (χ2v) is 7.35. The second-order valence-electron chi connectivity index (χ2n) is 7.35. The van der Waals surface area contributed by atoms with Gasteiger partial charge in [-0.1, -0.05) is 24.3 Å². The van der Waals surface area contributed by atoms with Gasteiger partial charge in [0, 0.05) is 24.7 Å². The van der Waals surface area contributed by atoms with Gasteiger partial charge < -0.3 is 10.2 Å². The van der Waals surface area contributed by atoms with E-state index in [1.54, 1.807) is 24.3 Å². The molecule has 1 saturated heterocycles. The fraction of sp³-hybridized carbons (Fsp3) is 0.238. The van der Waals surface area contributed by atoms with E-state index in [4.69, 9.17) is 0 Å². The second kappa shape index (κ2) is 6.73. The number of rotatable bonds is 2. The van der Waals surface area contributed by atoms with Crippen LogP contribution in [0.15, 0.2) is 48.5 Å². The van der Waals surface area contributed by atoms with E-state index in [9.17, 15) is 29.4 Å². The fourth-order valence-electron chi connectivity index (χ4n) is 4.53. The Bertz CT molecular complexity index is 967. The Morgan fingerprint density at radius 2 is 1.21 bits per heavy atom.